The highest BCUT2D eigenvalue weighted by molar-refractivity contribution is 5.81. The lowest BCUT2D eigenvalue weighted by atomic mass is 10.3. The van der Waals surface area contributed by atoms with Gasteiger partial charge in [0, 0.05) is 65.4 Å². The lowest BCUT2D eigenvalue weighted by Gasteiger charge is -2.38. The molecule has 4 aliphatic rings. The van der Waals surface area contributed by atoms with Crippen LogP contribution in [-0.4, -0.2) is 150 Å². The molecule has 0 aromatic rings. The number of rotatable bonds is 4. The summed E-state index contributed by atoms with van der Waals surface area (Å²) in [6.45, 7) is 15.0. The van der Waals surface area contributed by atoms with Crippen molar-refractivity contribution in [3.8, 4) is 0 Å². The fourth-order valence-electron chi connectivity index (χ4n) is 4.28. The van der Waals surface area contributed by atoms with Crippen molar-refractivity contribution in [3.05, 3.63) is 0 Å². The number of nitrogens with zero attached hydrogens (tertiary/aromatic N) is 6. The third-order valence-electron chi connectivity index (χ3n) is 6.00. The summed E-state index contributed by atoms with van der Waals surface area (Å²) >= 11 is 0. The molecule has 0 aromatic carbocycles. The highest BCUT2D eigenvalue weighted by Crippen LogP contribution is 2.09. The number of ether oxygens (including phenoxy) is 4. The second-order valence-electron chi connectivity index (χ2n) is 8.11. The molecule has 0 spiro atoms. The van der Waals surface area contributed by atoms with Crippen LogP contribution in [0.25, 0.3) is 0 Å². The number of hydrogen-bond donors (Lipinski definition) is 0. The first kappa shape index (κ1) is 22.6. The molecule has 0 N–H and O–H groups in total. The van der Waals surface area contributed by atoms with Gasteiger partial charge in [-0.05, 0) is 6.42 Å². The zero-order valence-corrected chi connectivity index (χ0v) is 18.8. The van der Waals surface area contributed by atoms with Gasteiger partial charge in [-0.15, -0.1) is 0 Å². The van der Waals surface area contributed by atoms with Crippen molar-refractivity contribution in [2.75, 3.05) is 118 Å². The summed E-state index contributed by atoms with van der Waals surface area (Å²) < 4.78 is 22.1. The molecule has 0 atom stereocenters. The van der Waals surface area contributed by atoms with Gasteiger partial charge in [-0.25, -0.2) is 0 Å². The SMILES string of the molecule is C(CN=C(N1CCOCC1)N1CCOCC1)CN=C(N1CCOCC1)N1CCOCC1. The van der Waals surface area contributed by atoms with Gasteiger partial charge in [0.15, 0.2) is 11.9 Å². The average molecular weight is 439 g/mol. The summed E-state index contributed by atoms with van der Waals surface area (Å²) in [6, 6.07) is 0. The number of aliphatic imine (C=N–C) groups is 2. The van der Waals surface area contributed by atoms with Gasteiger partial charge >= 0.3 is 0 Å². The first-order chi connectivity index (χ1) is 15.4. The lowest BCUT2D eigenvalue weighted by molar-refractivity contribution is 0.0418. The highest BCUT2D eigenvalue weighted by Gasteiger charge is 2.24. The van der Waals surface area contributed by atoms with Crippen molar-refractivity contribution in [2.45, 2.75) is 6.42 Å². The zero-order valence-electron chi connectivity index (χ0n) is 18.8. The van der Waals surface area contributed by atoms with Crippen LogP contribution >= 0.6 is 0 Å². The van der Waals surface area contributed by atoms with Crippen LogP contribution in [0.4, 0.5) is 0 Å². The van der Waals surface area contributed by atoms with E-state index in [1.807, 2.05) is 0 Å². The van der Waals surface area contributed by atoms with E-state index >= 15 is 0 Å². The normalized spacial score (nSPS) is 23.0. The van der Waals surface area contributed by atoms with Gasteiger partial charge in [0.05, 0.1) is 52.9 Å². The first-order valence-electron chi connectivity index (χ1n) is 11.8. The van der Waals surface area contributed by atoms with E-state index in [2.05, 4.69) is 19.6 Å². The van der Waals surface area contributed by atoms with E-state index in [1.165, 1.54) is 0 Å². The standard InChI is InChI=1S/C21H38N6O4/c1(2-22-20(24-4-12-28-13-5-24)25-6-14-29-15-7-25)3-23-21(26-8-16-30-17-9-26)27-10-18-31-19-11-27/h1-19H2. The Morgan fingerprint density at radius 1 is 0.452 bits per heavy atom. The van der Waals surface area contributed by atoms with Crippen LogP contribution in [0.3, 0.4) is 0 Å². The highest BCUT2D eigenvalue weighted by atomic mass is 16.5. The molecule has 0 aliphatic carbocycles. The van der Waals surface area contributed by atoms with Crippen LogP contribution in [0.2, 0.25) is 0 Å². The largest absolute Gasteiger partial charge is 0.378 e. The topological polar surface area (TPSA) is 74.6 Å². The van der Waals surface area contributed by atoms with E-state index in [9.17, 15) is 0 Å². The summed E-state index contributed by atoms with van der Waals surface area (Å²) in [5.74, 6) is 2.22. The van der Waals surface area contributed by atoms with Gasteiger partial charge in [-0.1, -0.05) is 0 Å². The van der Waals surface area contributed by atoms with Crippen molar-refractivity contribution in [1.82, 2.24) is 19.6 Å². The Bertz CT molecular complexity index is 490. The monoisotopic (exact) mass is 438 g/mol. The van der Waals surface area contributed by atoms with Crippen LogP contribution < -0.4 is 0 Å². The number of morpholine rings is 4. The first-order valence-corrected chi connectivity index (χ1v) is 11.8. The quantitative estimate of drug-likeness (QED) is 0.328. The Morgan fingerprint density at radius 2 is 0.710 bits per heavy atom. The van der Waals surface area contributed by atoms with E-state index in [0.717, 1.165) is 137 Å². The molecule has 0 radical (unpaired) electrons. The molecule has 4 heterocycles. The van der Waals surface area contributed by atoms with E-state index in [0.29, 0.717) is 0 Å². The molecule has 4 rings (SSSR count). The van der Waals surface area contributed by atoms with Gasteiger partial charge in [0.2, 0.25) is 0 Å². The average Bonchev–Trinajstić information content (AvgIpc) is 2.86. The molecule has 4 fully saturated rings. The molecule has 0 saturated carbocycles. The van der Waals surface area contributed by atoms with Crippen molar-refractivity contribution in [1.29, 1.82) is 0 Å². The van der Waals surface area contributed by atoms with Crippen molar-refractivity contribution < 1.29 is 18.9 Å². The molecule has 10 nitrogen and oxygen atoms in total. The Labute approximate surface area is 185 Å². The Balaban J connectivity index is 1.34. The fourth-order valence-corrected chi connectivity index (χ4v) is 4.28. The second kappa shape index (κ2) is 12.4. The van der Waals surface area contributed by atoms with Gasteiger partial charge in [-0.2, -0.15) is 0 Å². The van der Waals surface area contributed by atoms with Crippen molar-refractivity contribution in [3.63, 3.8) is 0 Å². The maximum atomic E-state index is 5.54. The van der Waals surface area contributed by atoms with E-state index < -0.39 is 0 Å². The third kappa shape index (κ3) is 6.68. The minimum atomic E-state index is 0.774. The summed E-state index contributed by atoms with van der Waals surface area (Å²) in [6.07, 6.45) is 0.941. The smallest absolute Gasteiger partial charge is 0.196 e. The molecule has 176 valence electrons. The van der Waals surface area contributed by atoms with Crippen LogP contribution in [0.15, 0.2) is 9.98 Å². The minimum absolute atomic E-state index is 0.774. The molecule has 0 bridgehead atoms. The summed E-state index contributed by atoms with van der Waals surface area (Å²) in [7, 11) is 0. The van der Waals surface area contributed by atoms with Crippen LogP contribution in [0.5, 0.6) is 0 Å². The molecule has 4 aliphatic heterocycles. The van der Waals surface area contributed by atoms with Crippen molar-refractivity contribution in [2.24, 2.45) is 9.98 Å². The molecule has 0 unspecified atom stereocenters. The fraction of sp³-hybridized carbons (Fsp3) is 0.905. The minimum Gasteiger partial charge on any atom is -0.378 e. The zero-order chi connectivity index (χ0) is 21.1. The van der Waals surface area contributed by atoms with Crippen molar-refractivity contribution >= 4 is 11.9 Å². The molecule has 10 heteroatoms. The predicted octanol–water partition coefficient (Wildman–Crippen LogP) is -0.583. The second-order valence-corrected chi connectivity index (χ2v) is 8.11. The lowest BCUT2D eigenvalue weighted by Crippen LogP contribution is -2.52. The Hall–Kier alpha value is -1.62. The van der Waals surface area contributed by atoms with Gasteiger partial charge in [0.25, 0.3) is 0 Å². The van der Waals surface area contributed by atoms with Crippen LogP contribution in [0, 0.1) is 0 Å². The number of hydrogen-bond acceptors (Lipinski definition) is 6. The maximum absolute atomic E-state index is 5.54. The summed E-state index contributed by atoms with van der Waals surface area (Å²) in [4.78, 5) is 19.5. The number of guanidine groups is 2. The molecular weight excluding hydrogens is 400 g/mol. The van der Waals surface area contributed by atoms with E-state index in [-0.39, 0.29) is 0 Å². The summed E-state index contributed by atoms with van der Waals surface area (Å²) in [5.41, 5.74) is 0. The van der Waals surface area contributed by atoms with E-state index in [1.54, 1.807) is 0 Å². The van der Waals surface area contributed by atoms with Crippen LogP contribution in [-0.2, 0) is 18.9 Å². The molecule has 0 amide bonds. The molecular formula is C21H38N6O4. The molecule has 31 heavy (non-hydrogen) atoms. The Kier molecular flexibility index (Phi) is 9.05. The Morgan fingerprint density at radius 3 is 0.968 bits per heavy atom. The van der Waals surface area contributed by atoms with Gasteiger partial charge < -0.3 is 38.5 Å². The van der Waals surface area contributed by atoms with Gasteiger partial charge in [-0.3, -0.25) is 9.98 Å². The summed E-state index contributed by atoms with van der Waals surface area (Å²) in [5, 5.41) is 0. The molecule has 0 aromatic heterocycles. The third-order valence-corrected chi connectivity index (χ3v) is 6.00. The molecule has 4 saturated heterocycles. The maximum Gasteiger partial charge on any atom is 0.196 e. The van der Waals surface area contributed by atoms with E-state index in [4.69, 9.17) is 28.9 Å². The van der Waals surface area contributed by atoms with Gasteiger partial charge in [0.1, 0.15) is 0 Å². The predicted molar refractivity (Wildman–Crippen MR) is 119 cm³/mol. The van der Waals surface area contributed by atoms with Crippen LogP contribution in [0.1, 0.15) is 6.42 Å².